The van der Waals surface area contributed by atoms with Gasteiger partial charge >= 0.3 is 0 Å². The molecule has 0 aromatic carbocycles. The van der Waals surface area contributed by atoms with Crippen LogP contribution in [0.4, 0.5) is 0 Å². The van der Waals surface area contributed by atoms with Crippen LogP contribution in [0.5, 0.6) is 0 Å². The Bertz CT molecular complexity index is 246. The van der Waals surface area contributed by atoms with Crippen molar-refractivity contribution in [1.82, 2.24) is 5.32 Å². The fourth-order valence-electron chi connectivity index (χ4n) is 2.28. The first-order chi connectivity index (χ1) is 6.75. The maximum absolute atomic E-state index is 11.9. The number of amides is 1. The average molecular weight is 276 g/mol. The van der Waals surface area contributed by atoms with E-state index >= 15 is 0 Å². The van der Waals surface area contributed by atoms with Crippen molar-refractivity contribution in [2.24, 2.45) is 22.7 Å². The van der Waals surface area contributed by atoms with Gasteiger partial charge in [0.05, 0.1) is 0 Å². The van der Waals surface area contributed by atoms with Gasteiger partial charge in [-0.3, -0.25) is 4.79 Å². The van der Waals surface area contributed by atoms with Crippen LogP contribution in [-0.2, 0) is 4.79 Å². The zero-order valence-corrected chi connectivity index (χ0v) is 11.9. The van der Waals surface area contributed by atoms with Crippen molar-refractivity contribution in [3.63, 3.8) is 0 Å². The minimum absolute atomic E-state index is 0.148. The molecule has 0 saturated heterocycles. The Balaban J connectivity index is 2.45. The second-order valence-corrected chi connectivity index (χ2v) is 6.53. The zero-order chi connectivity index (χ0) is 11.9. The molecule has 1 fully saturated rings. The van der Waals surface area contributed by atoms with Gasteiger partial charge in [-0.15, -0.1) is 0 Å². The second-order valence-electron chi connectivity index (χ2n) is 5.88. The van der Waals surface area contributed by atoms with Crippen molar-refractivity contribution in [2.45, 2.75) is 34.6 Å². The summed E-state index contributed by atoms with van der Waals surface area (Å²) in [6.07, 6.45) is 0. The molecule has 1 N–H and O–H groups in total. The minimum Gasteiger partial charge on any atom is -0.356 e. The molecule has 1 atom stereocenters. The normalized spacial score (nSPS) is 24.7. The number of hydrogen-bond donors (Lipinski definition) is 1. The third-order valence-electron chi connectivity index (χ3n) is 4.17. The largest absolute Gasteiger partial charge is 0.356 e. The highest BCUT2D eigenvalue weighted by Crippen LogP contribution is 2.68. The summed E-state index contributed by atoms with van der Waals surface area (Å²) in [6, 6.07) is 0. The molecule has 1 amide bonds. The number of rotatable bonds is 4. The van der Waals surface area contributed by atoms with Gasteiger partial charge in [-0.25, -0.2) is 0 Å². The van der Waals surface area contributed by atoms with E-state index < -0.39 is 0 Å². The third-order valence-corrected chi connectivity index (χ3v) is 5.28. The summed E-state index contributed by atoms with van der Waals surface area (Å²) in [6.45, 7) is 11.6. The Morgan fingerprint density at radius 1 is 1.33 bits per heavy atom. The van der Waals surface area contributed by atoms with E-state index in [1.54, 1.807) is 0 Å². The minimum atomic E-state index is 0.148. The number of halogens is 1. The first-order valence-corrected chi connectivity index (χ1v) is 6.71. The molecule has 0 bridgehead atoms. The van der Waals surface area contributed by atoms with E-state index in [1.165, 1.54) is 0 Å². The fraction of sp³-hybridized carbons (Fsp3) is 0.917. The fourth-order valence-corrected chi connectivity index (χ4v) is 2.51. The number of nitrogens with one attached hydrogen (secondary N) is 1. The highest BCUT2D eigenvalue weighted by Gasteiger charge is 2.68. The molecular formula is C12H22BrNO. The Hall–Kier alpha value is -0.0500. The van der Waals surface area contributed by atoms with Gasteiger partial charge in [0.25, 0.3) is 0 Å². The monoisotopic (exact) mass is 275 g/mol. The molecule has 0 heterocycles. The van der Waals surface area contributed by atoms with Crippen LogP contribution in [0, 0.1) is 22.7 Å². The van der Waals surface area contributed by atoms with Crippen molar-refractivity contribution in [3.05, 3.63) is 0 Å². The summed E-state index contributed by atoms with van der Waals surface area (Å²) in [7, 11) is 0. The van der Waals surface area contributed by atoms with Crippen LogP contribution in [0.25, 0.3) is 0 Å². The maximum atomic E-state index is 11.9. The molecule has 0 spiro atoms. The lowest BCUT2D eigenvalue weighted by Gasteiger charge is -2.10. The molecule has 1 saturated carbocycles. The molecule has 1 unspecified atom stereocenters. The molecule has 15 heavy (non-hydrogen) atoms. The van der Waals surface area contributed by atoms with E-state index in [-0.39, 0.29) is 22.7 Å². The van der Waals surface area contributed by atoms with Gasteiger partial charge in [-0.05, 0) is 16.7 Å². The molecule has 2 nitrogen and oxygen atoms in total. The Kier molecular flexibility index (Phi) is 3.54. The quantitative estimate of drug-likeness (QED) is 0.786. The van der Waals surface area contributed by atoms with Gasteiger partial charge in [0, 0.05) is 17.8 Å². The highest BCUT2D eigenvalue weighted by molar-refractivity contribution is 9.09. The first-order valence-electron chi connectivity index (χ1n) is 5.58. The SMILES string of the molecule is CC(CBr)CNC(=O)C1C(C)(C)C1(C)C. The van der Waals surface area contributed by atoms with E-state index in [4.69, 9.17) is 0 Å². The molecule has 0 aliphatic heterocycles. The molecule has 0 aromatic rings. The van der Waals surface area contributed by atoms with Gasteiger partial charge in [0.15, 0.2) is 0 Å². The van der Waals surface area contributed by atoms with Gasteiger partial charge in [-0.1, -0.05) is 50.5 Å². The standard InChI is InChI=1S/C12H22BrNO/c1-8(6-13)7-14-10(15)9-11(2,3)12(9,4)5/h8-9H,6-7H2,1-5H3,(H,14,15). The Labute approximate surface area is 101 Å². The van der Waals surface area contributed by atoms with Crippen LogP contribution in [0.15, 0.2) is 0 Å². The highest BCUT2D eigenvalue weighted by atomic mass is 79.9. The van der Waals surface area contributed by atoms with Crippen LogP contribution < -0.4 is 5.32 Å². The molecule has 1 aliphatic carbocycles. The predicted octanol–water partition coefficient (Wildman–Crippen LogP) is 2.82. The summed E-state index contributed by atoms with van der Waals surface area (Å²) in [5.41, 5.74) is 0.295. The first kappa shape index (κ1) is 13.0. The van der Waals surface area contributed by atoms with Crippen molar-refractivity contribution < 1.29 is 4.79 Å². The topological polar surface area (TPSA) is 29.1 Å². The molecule has 1 aliphatic rings. The van der Waals surface area contributed by atoms with Crippen LogP contribution >= 0.6 is 15.9 Å². The van der Waals surface area contributed by atoms with Crippen molar-refractivity contribution >= 4 is 21.8 Å². The summed E-state index contributed by atoms with van der Waals surface area (Å²) in [5.74, 6) is 0.893. The third kappa shape index (κ3) is 2.22. The summed E-state index contributed by atoms with van der Waals surface area (Å²) in [4.78, 5) is 11.9. The molecule has 1 rings (SSSR count). The second kappa shape index (κ2) is 4.08. The molecule has 0 radical (unpaired) electrons. The van der Waals surface area contributed by atoms with E-state index in [2.05, 4.69) is 55.9 Å². The number of alkyl halides is 1. The lowest BCUT2D eigenvalue weighted by Crippen LogP contribution is -2.31. The van der Waals surface area contributed by atoms with Gasteiger partial charge in [0.2, 0.25) is 5.91 Å². The van der Waals surface area contributed by atoms with Crippen LogP contribution in [0.2, 0.25) is 0 Å². The van der Waals surface area contributed by atoms with Crippen LogP contribution in [0.1, 0.15) is 34.6 Å². The molecule has 0 aromatic heterocycles. The van der Waals surface area contributed by atoms with E-state index in [1.807, 2.05) is 0 Å². The molecule has 3 heteroatoms. The van der Waals surface area contributed by atoms with E-state index in [0.717, 1.165) is 11.9 Å². The van der Waals surface area contributed by atoms with Crippen molar-refractivity contribution in [3.8, 4) is 0 Å². The predicted molar refractivity (Wildman–Crippen MR) is 67.0 cm³/mol. The number of hydrogen-bond acceptors (Lipinski definition) is 1. The van der Waals surface area contributed by atoms with Crippen LogP contribution in [0.3, 0.4) is 0 Å². The number of carbonyl (C=O) groups is 1. The maximum Gasteiger partial charge on any atom is 0.224 e. The van der Waals surface area contributed by atoms with Gasteiger partial charge in [-0.2, -0.15) is 0 Å². The van der Waals surface area contributed by atoms with Crippen molar-refractivity contribution in [1.29, 1.82) is 0 Å². The summed E-state index contributed by atoms with van der Waals surface area (Å²) < 4.78 is 0. The lowest BCUT2D eigenvalue weighted by atomic mass is 10.0. The van der Waals surface area contributed by atoms with Crippen molar-refractivity contribution in [2.75, 3.05) is 11.9 Å². The molecule has 88 valence electrons. The summed E-state index contributed by atoms with van der Waals surface area (Å²) in [5, 5.41) is 3.97. The summed E-state index contributed by atoms with van der Waals surface area (Å²) >= 11 is 3.41. The van der Waals surface area contributed by atoms with Crippen LogP contribution in [-0.4, -0.2) is 17.8 Å². The lowest BCUT2D eigenvalue weighted by molar-refractivity contribution is -0.123. The average Bonchev–Trinajstić information content (AvgIpc) is 2.53. The Morgan fingerprint density at radius 3 is 2.13 bits per heavy atom. The zero-order valence-electron chi connectivity index (χ0n) is 10.4. The van der Waals surface area contributed by atoms with E-state index in [0.29, 0.717) is 5.92 Å². The van der Waals surface area contributed by atoms with Gasteiger partial charge in [0.1, 0.15) is 0 Å². The Morgan fingerprint density at radius 2 is 1.80 bits per heavy atom. The van der Waals surface area contributed by atoms with Gasteiger partial charge < -0.3 is 5.32 Å². The smallest absolute Gasteiger partial charge is 0.224 e. The molecular weight excluding hydrogens is 254 g/mol. The van der Waals surface area contributed by atoms with E-state index in [9.17, 15) is 4.79 Å². The number of carbonyl (C=O) groups excluding carboxylic acids is 1.